The molecule has 0 atom stereocenters. The molecule has 0 spiro atoms. The third-order valence-corrected chi connectivity index (χ3v) is 5.04. The zero-order valence-corrected chi connectivity index (χ0v) is 15.1. The van der Waals surface area contributed by atoms with Gasteiger partial charge in [-0.3, -0.25) is 0 Å². The second-order valence-electron chi connectivity index (χ2n) is 6.67. The van der Waals surface area contributed by atoms with Gasteiger partial charge in [-0.2, -0.15) is 0 Å². The maximum absolute atomic E-state index is 8.90. The summed E-state index contributed by atoms with van der Waals surface area (Å²) in [4.78, 5) is 0. The molecular formula is C24H17BNO2. The minimum atomic E-state index is 0.599. The molecule has 0 saturated carbocycles. The molecule has 1 heterocycles. The van der Waals surface area contributed by atoms with Gasteiger partial charge < -0.3 is 14.2 Å². The Morgan fingerprint density at radius 3 is 1.93 bits per heavy atom. The fourth-order valence-corrected chi connectivity index (χ4v) is 3.84. The highest BCUT2D eigenvalue weighted by Gasteiger charge is 2.12. The van der Waals surface area contributed by atoms with Crippen LogP contribution in [0.25, 0.3) is 38.6 Å². The predicted octanol–water partition coefficient (Wildman–Crippen LogP) is 5.36. The lowest BCUT2D eigenvalue weighted by molar-refractivity contribution is 0.454. The van der Waals surface area contributed by atoms with E-state index in [9.17, 15) is 0 Å². The molecule has 0 aliphatic heterocycles. The van der Waals surface area contributed by atoms with E-state index >= 15 is 0 Å². The summed E-state index contributed by atoms with van der Waals surface area (Å²) in [6.45, 7) is 0. The molecule has 4 heteroatoms. The molecule has 4 aromatic carbocycles. The molecule has 3 nitrogen and oxygen atoms in total. The van der Waals surface area contributed by atoms with E-state index in [4.69, 9.17) is 9.68 Å². The average molecular weight is 362 g/mol. The van der Waals surface area contributed by atoms with Gasteiger partial charge in [0.15, 0.2) is 0 Å². The van der Waals surface area contributed by atoms with Gasteiger partial charge in [0.2, 0.25) is 0 Å². The van der Waals surface area contributed by atoms with E-state index in [0.717, 1.165) is 16.8 Å². The molecule has 5 aromatic rings. The second-order valence-corrected chi connectivity index (χ2v) is 6.67. The van der Waals surface area contributed by atoms with Crippen LogP contribution in [0.4, 0.5) is 0 Å². The van der Waals surface area contributed by atoms with Gasteiger partial charge >= 0.3 is 7.69 Å². The van der Waals surface area contributed by atoms with Crippen LogP contribution in [-0.4, -0.2) is 17.3 Å². The van der Waals surface area contributed by atoms with Crippen molar-refractivity contribution in [2.24, 2.45) is 0 Å². The van der Waals surface area contributed by atoms with Crippen molar-refractivity contribution in [2.45, 2.75) is 0 Å². The molecular weight excluding hydrogens is 345 g/mol. The van der Waals surface area contributed by atoms with Crippen molar-refractivity contribution in [3.05, 3.63) is 97.1 Å². The van der Waals surface area contributed by atoms with E-state index in [0.29, 0.717) is 13.4 Å². The predicted molar refractivity (Wildman–Crippen MR) is 115 cm³/mol. The van der Waals surface area contributed by atoms with Gasteiger partial charge in [-0.15, -0.1) is 0 Å². The van der Waals surface area contributed by atoms with E-state index in [1.165, 1.54) is 21.8 Å². The minimum Gasteiger partial charge on any atom is -0.537 e. The average Bonchev–Trinajstić information content (AvgIpc) is 3.09. The first-order valence-corrected chi connectivity index (χ1v) is 9.17. The molecule has 1 N–H and O–H groups in total. The topological polar surface area (TPSA) is 34.4 Å². The monoisotopic (exact) mass is 362 g/mol. The Morgan fingerprint density at radius 1 is 0.643 bits per heavy atom. The van der Waals surface area contributed by atoms with E-state index < -0.39 is 0 Å². The summed E-state index contributed by atoms with van der Waals surface area (Å²) in [6.07, 6.45) is 0. The number of benzene rings is 4. The van der Waals surface area contributed by atoms with Crippen molar-refractivity contribution >= 4 is 29.5 Å². The fraction of sp³-hybridized carbons (Fsp3) is 0. The van der Waals surface area contributed by atoms with Gasteiger partial charge in [0.1, 0.15) is 5.75 Å². The lowest BCUT2D eigenvalue weighted by Crippen LogP contribution is -1.99. The first-order chi connectivity index (χ1) is 13.8. The Labute approximate surface area is 163 Å². The summed E-state index contributed by atoms with van der Waals surface area (Å²) in [5, 5.41) is 11.4. The van der Waals surface area contributed by atoms with Gasteiger partial charge in [-0.1, -0.05) is 60.7 Å². The van der Waals surface area contributed by atoms with Crippen LogP contribution in [0.1, 0.15) is 0 Å². The molecule has 0 fully saturated rings. The van der Waals surface area contributed by atoms with Gasteiger partial charge in [-0.25, -0.2) is 0 Å². The number of nitrogens with zero attached hydrogens (tertiary/aromatic N) is 1. The molecule has 1 aromatic heterocycles. The maximum Gasteiger partial charge on any atom is 0.569 e. The van der Waals surface area contributed by atoms with Crippen LogP contribution in [0.5, 0.6) is 5.75 Å². The van der Waals surface area contributed by atoms with E-state index in [-0.39, 0.29) is 0 Å². The lowest BCUT2D eigenvalue weighted by Gasteiger charge is -2.11. The van der Waals surface area contributed by atoms with Crippen molar-refractivity contribution in [1.82, 2.24) is 4.57 Å². The van der Waals surface area contributed by atoms with Crippen LogP contribution < -0.4 is 4.65 Å². The third kappa shape index (κ3) is 2.75. The second kappa shape index (κ2) is 6.91. The molecule has 0 amide bonds. The SMILES string of the molecule is O[B]Oc1cccc(-c2cccc(-n3c4ccccc4c4ccccc43)c2)c1. The van der Waals surface area contributed by atoms with E-state index in [1.54, 1.807) is 0 Å². The molecule has 0 bridgehead atoms. The zero-order chi connectivity index (χ0) is 18.9. The Morgan fingerprint density at radius 2 is 1.25 bits per heavy atom. The van der Waals surface area contributed by atoms with E-state index in [2.05, 4.69) is 77.4 Å². The Kier molecular flexibility index (Phi) is 4.11. The summed E-state index contributed by atoms with van der Waals surface area (Å²) >= 11 is 0. The van der Waals surface area contributed by atoms with Crippen molar-refractivity contribution in [3.63, 3.8) is 0 Å². The van der Waals surface area contributed by atoms with Gasteiger partial charge in [-0.05, 0) is 47.5 Å². The van der Waals surface area contributed by atoms with Crippen LogP contribution in [-0.2, 0) is 0 Å². The summed E-state index contributed by atoms with van der Waals surface area (Å²) in [7, 11) is 0.702. The van der Waals surface area contributed by atoms with Crippen molar-refractivity contribution in [2.75, 3.05) is 0 Å². The van der Waals surface area contributed by atoms with Crippen molar-refractivity contribution in [3.8, 4) is 22.6 Å². The van der Waals surface area contributed by atoms with Gasteiger partial charge in [0.05, 0.1) is 11.0 Å². The number of fused-ring (bicyclic) bond motifs is 3. The summed E-state index contributed by atoms with van der Waals surface area (Å²) in [6, 6.07) is 33.1. The molecule has 0 aliphatic carbocycles. The number of aromatic nitrogens is 1. The van der Waals surface area contributed by atoms with Crippen molar-refractivity contribution < 1.29 is 9.68 Å². The number of rotatable bonds is 4. The number of hydrogen-bond donors (Lipinski definition) is 1. The van der Waals surface area contributed by atoms with Crippen LogP contribution in [0.2, 0.25) is 0 Å². The molecule has 133 valence electrons. The molecule has 0 aliphatic rings. The maximum atomic E-state index is 8.90. The molecule has 5 rings (SSSR count). The molecule has 1 radical (unpaired) electrons. The first-order valence-electron chi connectivity index (χ1n) is 9.17. The van der Waals surface area contributed by atoms with Gasteiger partial charge in [0.25, 0.3) is 0 Å². The fourth-order valence-electron chi connectivity index (χ4n) is 3.84. The number of para-hydroxylation sites is 2. The van der Waals surface area contributed by atoms with E-state index in [1.807, 2.05) is 24.3 Å². The summed E-state index contributed by atoms with van der Waals surface area (Å²) in [5.74, 6) is 0.599. The normalized spacial score (nSPS) is 11.0. The Bertz CT molecular complexity index is 1240. The quantitative estimate of drug-likeness (QED) is 0.437. The van der Waals surface area contributed by atoms with Crippen molar-refractivity contribution in [1.29, 1.82) is 0 Å². The summed E-state index contributed by atoms with van der Waals surface area (Å²) < 4.78 is 7.41. The third-order valence-electron chi connectivity index (χ3n) is 5.04. The van der Waals surface area contributed by atoms with Crippen LogP contribution in [0.3, 0.4) is 0 Å². The highest BCUT2D eigenvalue weighted by atomic mass is 16.5. The van der Waals surface area contributed by atoms with Gasteiger partial charge in [0, 0.05) is 16.5 Å². The number of hydrogen-bond acceptors (Lipinski definition) is 2. The zero-order valence-electron chi connectivity index (χ0n) is 15.1. The van der Waals surface area contributed by atoms with Crippen LogP contribution in [0.15, 0.2) is 97.1 Å². The molecule has 0 unspecified atom stereocenters. The highest BCUT2D eigenvalue weighted by Crippen LogP contribution is 2.33. The largest absolute Gasteiger partial charge is 0.569 e. The minimum absolute atomic E-state index is 0.599. The highest BCUT2D eigenvalue weighted by molar-refractivity contribution is 6.17. The molecule has 28 heavy (non-hydrogen) atoms. The standard InChI is InChI=1S/C24H17BNO2/c27-25-28-20-10-6-8-18(16-20)17-7-5-9-19(15-17)26-23-13-3-1-11-21(23)22-12-2-4-14-24(22)26/h1-16,27H. The first kappa shape index (κ1) is 16.7. The Balaban J connectivity index is 1.71. The smallest absolute Gasteiger partial charge is 0.537 e. The molecule has 0 saturated heterocycles. The lowest BCUT2D eigenvalue weighted by atomic mass is 10.0. The van der Waals surface area contributed by atoms with Crippen LogP contribution >= 0.6 is 0 Å². The van der Waals surface area contributed by atoms with Crippen LogP contribution in [0, 0.1) is 0 Å². The summed E-state index contributed by atoms with van der Waals surface area (Å²) in [5.41, 5.74) is 5.60. The Hall–Kier alpha value is -3.50.